The molecule has 0 atom stereocenters. The quantitative estimate of drug-likeness (QED) is 0.884. The van der Waals surface area contributed by atoms with Gasteiger partial charge in [0.2, 0.25) is 5.82 Å². The minimum atomic E-state index is -0.445. The molecule has 1 aromatic rings. The fourth-order valence-electron chi connectivity index (χ4n) is 2.44. The number of methoxy groups -OCH3 is 2. The third-order valence-corrected chi connectivity index (χ3v) is 4.11. The van der Waals surface area contributed by atoms with E-state index in [0.29, 0.717) is 4.47 Å². The maximum Gasteiger partial charge on any atom is 0.208 e. The van der Waals surface area contributed by atoms with Crippen LogP contribution in [0.2, 0.25) is 0 Å². The Morgan fingerprint density at radius 2 is 1.90 bits per heavy atom. The predicted octanol–water partition coefficient (Wildman–Crippen LogP) is 2.05. The van der Waals surface area contributed by atoms with Crippen molar-refractivity contribution in [3.8, 4) is 11.5 Å². The van der Waals surface area contributed by atoms with Gasteiger partial charge >= 0.3 is 0 Å². The second kappa shape index (κ2) is 7.24. The van der Waals surface area contributed by atoms with Gasteiger partial charge in [0.25, 0.3) is 0 Å². The van der Waals surface area contributed by atoms with Crippen molar-refractivity contribution in [2.24, 2.45) is 0 Å². The molecule has 1 N–H and O–H groups in total. The highest BCUT2D eigenvalue weighted by Crippen LogP contribution is 2.37. The lowest BCUT2D eigenvalue weighted by molar-refractivity contribution is 0.242. The monoisotopic (exact) mass is 346 g/mol. The Morgan fingerprint density at radius 1 is 1.25 bits per heavy atom. The fraction of sp³-hybridized carbons (Fsp3) is 0.571. The number of piperazine rings is 1. The molecule has 0 spiro atoms. The van der Waals surface area contributed by atoms with Gasteiger partial charge in [-0.05, 0) is 34.0 Å². The second-order valence-corrected chi connectivity index (χ2v) is 5.59. The molecule has 0 aliphatic carbocycles. The lowest BCUT2D eigenvalue weighted by Gasteiger charge is -2.27. The van der Waals surface area contributed by atoms with E-state index in [2.05, 4.69) is 26.1 Å². The Morgan fingerprint density at radius 3 is 2.50 bits per heavy atom. The lowest BCUT2D eigenvalue weighted by Crippen LogP contribution is -2.44. The number of halogens is 2. The molecule has 1 aliphatic rings. The number of nitrogens with one attached hydrogen (secondary N) is 1. The van der Waals surface area contributed by atoms with Crippen LogP contribution in [0.25, 0.3) is 0 Å². The van der Waals surface area contributed by atoms with E-state index in [1.807, 2.05) is 6.07 Å². The number of hydrogen-bond acceptors (Lipinski definition) is 4. The molecule has 0 saturated carbocycles. The first-order chi connectivity index (χ1) is 9.67. The van der Waals surface area contributed by atoms with Gasteiger partial charge in [-0.1, -0.05) is 0 Å². The molecule has 1 heterocycles. The van der Waals surface area contributed by atoms with Crippen LogP contribution in [-0.4, -0.2) is 51.8 Å². The molecule has 0 aromatic heterocycles. The van der Waals surface area contributed by atoms with Gasteiger partial charge in [0.05, 0.1) is 18.7 Å². The van der Waals surface area contributed by atoms with Crippen molar-refractivity contribution in [1.29, 1.82) is 0 Å². The van der Waals surface area contributed by atoms with Crippen LogP contribution in [0.15, 0.2) is 10.5 Å². The zero-order chi connectivity index (χ0) is 14.5. The predicted molar refractivity (Wildman–Crippen MR) is 80.2 cm³/mol. The summed E-state index contributed by atoms with van der Waals surface area (Å²) in [5.74, 6) is 0.0210. The van der Waals surface area contributed by atoms with Crippen LogP contribution in [0.3, 0.4) is 0 Å². The van der Waals surface area contributed by atoms with Crippen molar-refractivity contribution in [2.45, 2.75) is 6.42 Å². The number of rotatable bonds is 5. The number of nitrogens with zero attached hydrogens (tertiary/aromatic N) is 1. The summed E-state index contributed by atoms with van der Waals surface area (Å²) in [5.41, 5.74) is 0.858. The van der Waals surface area contributed by atoms with Crippen molar-refractivity contribution in [2.75, 3.05) is 46.9 Å². The molecule has 20 heavy (non-hydrogen) atoms. The van der Waals surface area contributed by atoms with Crippen LogP contribution in [0, 0.1) is 5.82 Å². The minimum absolute atomic E-state index is 0.188. The van der Waals surface area contributed by atoms with Crippen molar-refractivity contribution in [3.05, 3.63) is 21.9 Å². The Balaban J connectivity index is 2.14. The van der Waals surface area contributed by atoms with E-state index in [1.54, 1.807) is 0 Å². The molecular weight excluding hydrogens is 327 g/mol. The highest BCUT2D eigenvalue weighted by Gasteiger charge is 2.19. The van der Waals surface area contributed by atoms with Crippen molar-refractivity contribution in [1.82, 2.24) is 10.2 Å². The minimum Gasteiger partial charge on any atom is -0.493 e. The summed E-state index contributed by atoms with van der Waals surface area (Å²) < 4.78 is 25.1. The molecule has 2 rings (SSSR count). The molecular formula is C14H20BrFN2O2. The summed E-state index contributed by atoms with van der Waals surface area (Å²) in [4.78, 5) is 2.37. The zero-order valence-electron chi connectivity index (χ0n) is 11.8. The standard InChI is InChI=1S/C14H20BrFN2O2/c1-19-13-10(3-6-18-7-4-17-5-8-18)9-11(15)14(20-2)12(13)16/h9,17H,3-8H2,1-2H3. The van der Waals surface area contributed by atoms with Crippen LogP contribution >= 0.6 is 15.9 Å². The first-order valence-corrected chi connectivity index (χ1v) is 7.48. The highest BCUT2D eigenvalue weighted by molar-refractivity contribution is 9.10. The third-order valence-electron chi connectivity index (χ3n) is 3.52. The molecule has 1 aliphatic heterocycles. The van der Waals surface area contributed by atoms with E-state index in [4.69, 9.17) is 9.47 Å². The lowest BCUT2D eigenvalue weighted by atomic mass is 10.1. The molecule has 0 unspecified atom stereocenters. The van der Waals surface area contributed by atoms with E-state index in [9.17, 15) is 4.39 Å². The van der Waals surface area contributed by atoms with Crippen LogP contribution in [-0.2, 0) is 6.42 Å². The molecule has 0 radical (unpaired) electrons. The van der Waals surface area contributed by atoms with E-state index >= 15 is 0 Å². The van der Waals surface area contributed by atoms with E-state index in [-0.39, 0.29) is 11.5 Å². The molecule has 0 amide bonds. The second-order valence-electron chi connectivity index (χ2n) is 4.74. The Labute approximate surface area is 127 Å². The number of ether oxygens (including phenoxy) is 2. The normalized spacial score (nSPS) is 16.2. The van der Waals surface area contributed by atoms with Crippen molar-refractivity contribution in [3.63, 3.8) is 0 Å². The van der Waals surface area contributed by atoms with Gasteiger partial charge in [-0.15, -0.1) is 0 Å². The summed E-state index contributed by atoms with van der Waals surface area (Å²) in [6.07, 6.45) is 0.753. The van der Waals surface area contributed by atoms with Crippen LogP contribution in [0.1, 0.15) is 5.56 Å². The fourth-order valence-corrected chi connectivity index (χ4v) is 3.05. The SMILES string of the molecule is COc1c(Br)cc(CCN2CCNCC2)c(OC)c1F. The van der Waals surface area contributed by atoms with E-state index < -0.39 is 5.82 Å². The van der Waals surface area contributed by atoms with Crippen LogP contribution in [0.5, 0.6) is 11.5 Å². The van der Waals surface area contributed by atoms with E-state index in [1.165, 1.54) is 14.2 Å². The van der Waals surface area contributed by atoms with Gasteiger partial charge in [0.1, 0.15) is 0 Å². The molecule has 112 valence electrons. The molecule has 1 fully saturated rings. The van der Waals surface area contributed by atoms with Gasteiger partial charge in [-0.25, -0.2) is 0 Å². The molecule has 0 bridgehead atoms. The van der Waals surface area contributed by atoms with Crippen molar-refractivity contribution < 1.29 is 13.9 Å². The Kier molecular flexibility index (Phi) is 5.63. The van der Waals surface area contributed by atoms with Gasteiger partial charge in [-0.2, -0.15) is 4.39 Å². The maximum absolute atomic E-state index is 14.3. The van der Waals surface area contributed by atoms with E-state index in [0.717, 1.165) is 44.7 Å². The first kappa shape index (κ1) is 15.5. The van der Waals surface area contributed by atoms with Gasteiger partial charge < -0.3 is 19.7 Å². The average Bonchev–Trinajstić information content (AvgIpc) is 2.46. The van der Waals surface area contributed by atoms with Crippen LogP contribution < -0.4 is 14.8 Å². The van der Waals surface area contributed by atoms with Crippen molar-refractivity contribution >= 4 is 15.9 Å². The average molecular weight is 347 g/mol. The molecule has 4 nitrogen and oxygen atoms in total. The highest BCUT2D eigenvalue weighted by atomic mass is 79.9. The smallest absolute Gasteiger partial charge is 0.208 e. The third kappa shape index (κ3) is 3.42. The summed E-state index contributed by atoms with van der Waals surface area (Å²) >= 11 is 3.34. The zero-order valence-corrected chi connectivity index (χ0v) is 13.4. The summed E-state index contributed by atoms with van der Waals surface area (Å²) in [7, 11) is 2.93. The summed E-state index contributed by atoms with van der Waals surface area (Å²) in [5, 5.41) is 3.32. The maximum atomic E-state index is 14.3. The summed E-state index contributed by atoms with van der Waals surface area (Å²) in [6, 6.07) is 1.88. The van der Waals surface area contributed by atoms with Gasteiger partial charge in [-0.3, -0.25) is 0 Å². The number of benzene rings is 1. The summed E-state index contributed by atoms with van der Waals surface area (Å²) in [6.45, 7) is 4.98. The Bertz CT molecular complexity index is 465. The number of hydrogen-bond donors (Lipinski definition) is 1. The molecule has 1 saturated heterocycles. The molecule has 1 aromatic carbocycles. The van der Waals surface area contributed by atoms with Crippen LogP contribution in [0.4, 0.5) is 4.39 Å². The first-order valence-electron chi connectivity index (χ1n) is 6.69. The Hall–Kier alpha value is -0.850. The van der Waals surface area contributed by atoms with Gasteiger partial charge in [0.15, 0.2) is 11.5 Å². The largest absolute Gasteiger partial charge is 0.493 e. The topological polar surface area (TPSA) is 33.7 Å². The van der Waals surface area contributed by atoms with Gasteiger partial charge in [0, 0.05) is 32.7 Å². The molecule has 6 heteroatoms.